The van der Waals surface area contributed by atoms with Gasteiger partial charge in [-0.25, -0.2) is 9.67 Å². The van der Waals surface area contributed by atoms with E-state index in [1.54, 1.807) is 17.8 Å². The maximum atomic E-state index is 12.9. The van der Waals surface area contributed by atoms with Crippen molar-refractivity contribution in [1.82, 2.24) is 24.2 Å². The Bertz CT molecular complexity index is 976. The van der Waals surface area contributed by atoms with Gasteiger partial charge in [0, 0.05) is 19.6 Å². The van der Waals surface area contributed by atoms with Crippen LogP contribution < -0.4 is 5.56 Å². The van der Waals surface area contributed by atoms with Gasteiger partial charge in [0.05, 0.1) is 37.7 Å². The van der Waals surface area contributed by atoms with E-state index in [0.717, 1.165) is 18.8 Å². The van der Waals surface area contributed by atoms with Crippen LogP contribution in [0.2, 0.25) is 0 Å². The molecule has 1 aliphatic rings. The molecule has 1 atom stereocenters. The first-order valence-electron chi connectivity index (χ1n) is 9.12. The number of nitrogens with zero attached hydrogens (tertiary/aromatic N) is 5. The van der Waals surface area contributed by atoms with Crippen LogP contribution in [0.4, 0.5) is 0 Å². The molecule has 0 spiro atoms. The number of morpholine rings is 1. The molecule has 4 rings (SSSR count). The van der Waals surface area contributed by atoms with Gasteiger partial charge >= 0.3 is 0 Å². The van der Waals surface area contributed by atoms with Crippen molar-refractivity contribution in [2.45, 2.75) is 19.6 Å². The third-order valence-electron chi connectivity index (χ3n) is 4.84. The number of para-hydroxylation sites is 1. The van der Waals surface area contributed by atoms with Gasteiger partial charge in [0.2, 0.25) is 0 Å². The van der Waals surface area contributed by atoms with Gasteiger partial charge < -0.3 is 9.84 Å². The fraction of sp³-hybridized carbons (Fsp3) is 0.421. The highest BCUT2D eigenvalue weighted by Gasteiger charge is 2.19. The summed E-state index contributed by atoms with van der Waals surface area (Å²) in [5.74, 6) is 0.561. The van der Waals surface area contributed by atoms with E-state index in [0.29, 0.717) is 36.6 Å². The SMILES string of the molecule is Cc1nc2c(cnn2-c2ccccc2)c(=O)n1C[C@H](O)CN1CCOCC1. The Morgan fingerprint density at radius 3 is 2.67 bits per heavy atom. The van der Waals surface area contributed by atoms with Crippen LogP contribution in [-0.4, -0.2) is 68.3 Å². The van der Waals surface area contributed by atoms with Crippen molar-refractivity contribution in [3.8, 4) is 5.69 Å². The average Bonchev–Trinajstić information content (AvgIpc) is 3.10. The Labute approximate surface area is 156 Å². The van der Waals surface area contributed by atoms with Gasteiger partial charge in [-0.3, -0.25) is 14.3 Å². The number of ether oxygens (including phenoxy) is 1. The summed E-state index contributed by atoms with van der Waals surface area (Å²) in [6, 6.07) is 9.59. The summed E-state index contributed by atoms with van der Waals surface area (Å²) in [4.78, 5) is 19.7. The molecular weight excluding hydrogens is 346 g/mol. The molecule has 0 amide bonds. The van der Waals surface area contributed by atoms with E-state index >= 15 is 0 Å². The van der Waals surface area contributed by atoms with Crippen molar-refractivity contribution in [3.05, 3.63) is 52.7 Å². The van der Waals surface area contributed by atoms with Gasteiger partial charge in [-0.2, -0.15) is 5.10 Å². The van der Waals surface area contributed by atoms with Crippen LogP contribution in [0.25, 0.3) is 16.7 Å². The van der Waals surface area contributed by atoms with Crippen molar-refractivity contribution >= 4 is 11.0 Å². The van der Waals surface area contributed by atoms with Crippen LogP contribution in [-0.2, 0) is 11.3 Å². The van der Waals surface area contributed by atoms with Crippen molar-refractivity contribution in [2.24, 2.45) is 0 Å². The minimum absolute atomic E-state index is 0.180. The number of benzene rings is 1. The third kappa shape index (κ3) is 3.64. The van der Waals surface area contributed by atoms with Gasteiger partial charge in [0.25, 0.3) is 5.56 Å². The lowest BCUT2D eigenvalue weighted by molar-refractivity contribution is 0.0112. The van der Waals surface area contributed by atoms with E-state index in [2.05, 4.69) is 15.0 Å². The summed E-state index contributed by atoms with van der Waals surface area (Å²) in [5, 5.41) is 15.3. The van der Waals surface area contributed by atoms with E-state index in [9.17, 15) is 9.90 Å². The maximum absolute atomic E-state index is 12.9. The highest BCUT2D eigenvalue weighted by molar-refractivity contribution is 5.75. The molecule has 3 aromatic rings. The predicted octanol–water partition coefficient (Wildman–Crippen LogP) is 0.584. The van der Waals surface area contributed by atoms with Crippen LogP contribution in [0.1, 0.15) is 5.82 Å². The highest BCUT2D eigenvalue weighted by Crippen LogP contribution is 2.14. The minimum Gasteiger partial charge on any atom is -0.390 e. The summed E-state index contributed by atoms with van der Waals surface area (Å²) < 4.78 is 8.52. The Morgan fingerprint density at radius 1 is 1.19 bits per heavy atom. The number of β-amino-alcohol motifs (C(OH)–C–C–N with tert-alkyl or cyclic N) is 1. The number of hydrogen-bond acceptors (Lipinski definition) is 6. The topological polar surface area (TPSA) is 85.4 Å². The molecule has 0 aliphatic carbocycles. The molecule has 8 nitrogen and oxygen atoms in total. The van der Waals surface area contributed by atoms with Crippen LogP contribution >= 0.6 is 0 Å². The predicted molar refractivity (Wildman–Crippen MR) is 101 cm³/mol. The van der Waals surface area contributed by atoms with Crippen molar-refractivity contribution < 1.29 is 9.84 Å². The van der Waals surface area contributed by atoms with Gasteiger partial charge in [-0.15, -0.1) is 0 Å². The average molecular weight is 369 g/mol. The minimum atomic E-state index is -0.650. The fourth-order valence-corrected chi connectivity index (χ4v) is 3.43. The second-order valence-electron chi connectivity index (χ2n) is 6.77. The molecule has 0 radical (unpaired) electrons. The molecule has 1 fully saturated rings. The number of hydrogen-bond donors (Lipinski definition) is 1. The number of aliphatic hydroxyl groups excluding tert-OH is 1. The molecule has 8 heteroatoms. The molecule has 1 N–H and O–H groups in total. The van der Waals surface area contributed by atoms with Crippen LogP contribution in [0.15, 0.2) is 41.3 Å². The molecule has 27 heavy (non-hydrogen) atoms. The summed E-state index contributed by atoms with van der Waals surface area (Å²) in [7, 11) is 0. The normalized spacial score (nSPS) is 16.7. The number of aromatic nitrogens is 4. The molecule has 2 aromatic heterocycles. The number of aryl methyl sites for hydroxylation is 1. The monoisotopic (exact) mass is 369 g/mol. The van der Waals surface area contributed by atoms with Crippen molar-refractivity contribution in [2.75, 3.05) is 32.8 Å². The molecule has 1 saturated heterocycles. The zero-order valence-corrected chi connectivity index (χ0v) is 15.3. The number of aliphatic hydroxyl groups is 1. The van der Waals surface area contributed by atoms with Crippen LogP contribution in [0, 0.1) is 6.92 Å². The molecule has 142 valence electrons. The van der Waals surface area contributed by atoms with Crippen molar-refractivity contribution in [1.29, 1.82) is 0 Å². The molecule has 0 saturated carbocycles. The summed E-state index contributed by atoms with van der Waals surface area (Å²) >= 11 is 0. The van der Waals surface area contributed by atoms with E-state index in [-0.39, 0.29) is 12.1 Å². The largest absolute Gasteiger partial charge is 0.390 e. The molecule has 0 unspecified atom stereocenters. The lowest BCUT2D eigenvalue weighted by Gasteiger charge is -2.28. The van der Waals surface area contributed by atoms with E-state index < -0.39 is 6.10 Å². The van der Waals surface area contributed by atoms with Crippen LogP contribution in [0.3, 0.4) is 0 Å². The van der Waals surface area contributed by atoms with Crippen LogP contribution in [0.5, 0.6) is 0 Å². The van der Waals surface area contributed by atoms with Gasteiger partial charge in [0.15, 0.2) is 5.65 Å². The second-order valence-corrected chi connectivity index (χ2v) is 6.77. The Hall–Kier alpha value is -2.55. The molecule has 1 aromatic carbocycles. The molecular formula is C19H23N5O3. The first-order valence-corrected chi connectivity index (χ1v) is 9.12. The molecule has 0 bridgehead atoms. The zero-order chi connectivity index (χ0) is 18.8. The maximum Gasteiger partial charge on any atom is 0.264 e. The van der Waals surface area contributed by atoms with Gasteiger partial charge in [-0.1, -0.05) is 18.2 Å². The Kier molecular flexibility index (Phi) is 5.02. The molecule has 3 heterocycles. The zero-order valence-electron chi connectivity index (χ0n) is 15.3. The van der Waals surface area contributed by atoms with Crippen molar-refractivity contribution in [3.63, 3.8) is 0 Å². The van der Waals surface area contributed by atoms with E-state index in [1.165, 1.54) is 4.57 Å². The number of fused-ring (bicyclic) bond motifs is 1. The highest BCUT2D eigenvalue weighted by atomic mass is 16.5. The van der Waals surface area contributed by atoms with Gasteiger partial charge in [0.1, 0.15) is 11.2 Å². The quantitative estimate of drug-likeness (QED) is 0.708. The van der Waals surface area contributed by atoms with E-state index in [1.807, 2.05) is 30.3 Å². The van der Waals surface area contributed by atoms with Gasteiger partial charge in [-0.05, 0) is 19.1 Å². The smallest absolute Gasteiger partial charge is 0.264 e. The Morgan fingerprint density at radius 2 is 1.93 bits per heavy atom. The third-order valence-corrected chi connectivity index (χ3v) is 4.84. The number of rotatable bonds is 5. The second kappa shape index (κ2) is 7.59. The van der Waals surface area contributed by atoms with E-state index in [4.69, 9.17) is 4.74 Å². The molecule has 1 aliphatic heterocycles. The standard InChI is InChI=1S/C19H23N5O3/c1-14-21-18-17(11-20-24(18)15-5-3-2-4-6-15)19(26)23(14)13-16(25)12-22-7-9-27-10-8-22/h2-6,11,16,25H,7-10,12-13H2,1H3/t16-/m1/s1. The Balaban J connectivity index is 1.61. The lowest BCUT2D eigenvalue weighted by atomic mass is 10.2. The fourth-order valence-electron chi connectivity index (χ4n) is 3.43. The summed E-state index contributed by atoms with van der Waals surface area (Å²) in [6.07, 6.45) is 0.894. The first-order chi connectivity index (χ1) is 13.1. The summed E-state index contributed by atoms with van der Waals surface area (Å²) in [5.41, 5.74) is 1.20. The summed E-state index contributed by atoms with van der Waals surface area (Å²) in [6.45, 7) is 5.45. The first kappa shape index (κ1) is 17.8. The lowest BCUT2D eigenvalue weighted by Crippen LogP contribution is -2.43.